The average molecular weight is 242 g/mol. The van der Waals surface area contributed by atoms with E-state index in [9.17, 15) is 18.0 Å². The standard InChI is InChI=1S/C10H17F3O3/c1-3-9(14)16-8(10(11,12)13)6-5-7-15-4-2/h8H,3-7H2,1-2H3/t8-/m1/s1. The van der Waals surface area contributed by atoms with Crippen molar-refractivity contribution < 1.29 is 27.4 Å². The number of halogens is 3. The molecule has 0 aliphatic heterocycles. The van der Waals surface area contributed by atoms with Gasteiger partial charge in [0, 0.05) is 19.6 Å². The minimum atomic E-state index is -4.50. The van der Waals surface area contributed by atoms with Crippen molar-refractivity contribution in [2.24, 2.45) is 0 Å². The maximum Gasteiger partial charge on any atom is 0.425 e. The van der Waals surface area contributed by atoms with Crippen LogP contribution < -0.4 is 0 Å². The van der Waals surface area contributed by atoms with Crippen molar-refractivity contribution in [2.75, 3.05) is 13.2 Å². The Bertz CT molecular complexity index is 204. The second kappa shape index (κ2) is 7.49. The molecule has 0 spiro atoms. The number of alkyl halides is 3. The Morgan fingerprint density at radius 3 is 2.38 bits per heavy atom. The number of rotatable bonds is 7. The molecule has 6 heteroatoms. The summed E-state index contributed by atoms with van der Waals surface area (Å²) in [6, 6.07) is 0. The Morgan fingerprint density at radius 1 is 1.31 bits per heavy atom. The lowest BCUT2D eigenvalue weighted by atomic mass is 10.2. The lowest BCUT2D eigenvalue weighted by Gasteiger charge is -2.20. The molecule has 0 aliphatic carbocycles. The average Bonchev–Trinajstić information content (AvgIpc) is 2.20. The van der Waals surface area contributed by atoms with Gasteiger partial charge in [-0.1, -0.05) is 6.92 Å². The zero-order chi connectivity index (χ0) is 12.6. The summed E-state index contributed by atoms with van der Waals surface area (Å²) in [5.41, 5.74) is 0. The van der Waals surface area contributed by atoms with Crippen molar-refractivity contribution in [3.8, 4) is 0 Å². The fourth-order valence-electron chi connectivity index (χ4n) is 1.05. The van der Waals surface area contributed by atoms with Crippen molar-refractivity contribution in [3.05, 3.63) is 0 Å². The minimum Gasteiger partial charge on any atom is -0.453 e. The molecule has 0 unspecified atom stereocenters. The second-order valence-corrected chi connectivity index (χ2v) is 3.21. The van der Waals surface area contributed by atoms with Gasteiger partial charge in [0.15, 0.2) is 6.10 Å². The van der Waals surface area contributed by atoms with Crippen molar-refractivity contribution in [3.63, 3.8) is 0 Å². The van der Waals surface area contributed by atoms with E-state index in [-0.39, 0.29) is 25.9 Å². The summed E-state index contributed by atoms with van der Waals surface area (Å²) in [7, 11) is 0. The van der Waals surface area contributed by atoms with Gasteiger partial charge in [-0.3, -0.25) is 4.79 Å². The molecule has 0 heterocycles. The van der Waals surface area contributed by atoms with Crippen LogP contribution in [0.5, 0.6) is 0 Å². The highest BCUT2D eigenvalue weighted by Gasteiger charge is 2.42. The van der Waals surface area contributed by atoms with E-state index >= 15 is 0 Å². The van der Waals surface area contributed by atoms with Gasteiger partial charge in [0.25, 0.3) is 0 Å². The molecule has 16 heavy (non-hydrogen) atoms. The predicted molar refractivity (Wildman–Crippen MR) is 52.0 cm³/mol. The molecule has 0 radical (unpaired) electrons. The Morgan fingerprint density at radius 2 is 1.94 bits per heavy atom. The third kappa shape index (κ3) is 6.66. The van der Waals surface area contributed by atoms with E-state index in [1.54, 1.807) is 6.92 Å². The molecular weight excluding hydrogens is 225 g/mol. The molecule has 0 saturated carbocycles. The fourth-order valence-corrected chi connectivity index (χ4v) is 1.05. The summed E-state index contributed by atoms with van der Waals surface area (Å²) < 4.78 is 46.5. The third-order valence-electron chi connectivity index (χ3n) is 1.89. The van der Waals surface area contributed by atoms with Crippen LogP contribution in [0.4, 0.5) is 13.2 Å². The summed E-state index contributed by atoms with van der Waals surface area (Å²) in [4.78, 5) is 10.8. The van der Waals surface area contributed by atoms with E-state index in [0.717, 1.165) is 0 Å². The molecule has 0 rings (SSSR count). The van der Waals surface area contributed by atoms with Crippen molar-refractivity contribution in [1.82, 2.24) is 0 Å². The molecule has 0 N–H and O–H groups in total. The van der Waals surface area contributed by atoms with E-state index in [4.69, 9.17) is 4.74 Å². The summed E-state index contributed by atoms with van der Waals surface area (Å²) in [5, 5.41) is 0. The van der Waals surface area contributed by atoms with Crippen LogP contribution in [0.25, 0.3) is 0 Å². The molecule has 0 aliphatic rings. The predicted octanol–water partition coefficient (Wildman–Crippen LogP) is 2.69. The first kappa shape index (κ1) is 15.2. The third-order valence-corrected chi connectivity index (χ3v) is 1.89. The Hall–Kier alpha value is -0.780. The highest BCUT2D eigenvalue weighted by Crippen LogP contribution is 2.26. The first-order valence-corrected chi connectivity index (χ1v) is 5.25. The molecule has 3 nitrogen and oxygen atoms in total. The minimum absolute atomic E-state index is 0.0575. The lowest BCUT2D eigenvalue weighted by Crippen LogP contribution is -2.34. The topological polar surface area (TPSA) is 35.5 Å². The summed E-state index contributed by atoms with van der Waals surface area (Å²) in [6.45, 7) is 3.92. The van der Waals surface area contributed by atoms with Crippen LogP contribution in [0.15, 0.2) is 0 Å². The number of hydrogen-bond acceptors (Lipinski definition) is 3. The first-order valence-electron chi connectivity index (χ1n) is 5.25. The van der Waals surface area contributed by atoms with Gasteiger partial charge in [-0.2, -0.15) is 13.2 Å². The Balaban J connectivity index is 4.07. The van der Waals surface area contributed by atoms with E-state index in [0.29, 0.717) is 6.61 Å². The fraction of sp³-hybridized carbons (Fsp3) is 0.900. The summed E-state index contributed by atoms with van der Waals surface area (Å²) in [5.74, 6) is -0.835. The maximum atomic E-state index is 12.4. The van der Waals surface area contributed by atoms with Gasteiger partial charge in [-0.25, -0.2) is 0 Å². The zero-order valence-corrected chi connectivity index (χ0v) is 9.47. The number of carbonyl (C=O) groups is 1. The number of carbonyl (C=O) groups excluding carboxylic acids is 1. The van der Waals surface area contributed by atoms with Crippen LogP contribution in [-0.2, 0) is 14.3 Å². The van der Waals surface area contributed by atoms with Gasteiger partial charge in [-0.15, -0.1) is 0 Å². The van der Waals surface area contributed by atoms with Gasteiger partial charge in [0.05, 0.1) is 0 Å². The number of esters is 1. The summed E-state index contributed by atoms with van der Waals surface area (Å²) >= 11 is 0. The molecule has 0 aromatic heterocycles. The highest BCUT2D eigenvalue weighted by atomic mass is 19.4. The maximum absolute atomic E-state index is 12.4. The zero-order valence-electron chi connectivity index (χ0n) is 9.47. The molecule has 0 fully saturated rings. The van der Waals surface area contributed by atoms with E-state index < -0.39 is 18.2 Å². The van der Waals surface area contributed by atoms with Crippen LogP contribution >= 0.6 is 0 Å². The van der Waals surface area contributed by atoms with Crippen molar-refractivity contribution >= 4 is 5.97 Å². The van der Waals surface area contributed by atoms with Crippen molar-refractivity contribution in [1.29, 1.82) is 0 Å². The molecule has 1 atom stereocenters. The molecule has 0 aromatic carbocycles. The first-order chi connectivity index (χ1) is 7.41. The van der Waals surface area contributed by atoms with Gasteiger partial charge in [0.1, 0.15) is 0 Å². The summed E-state index contributed by atoms with van der Waals surface area (Å²) in [6.07, 6.45) is -6.61. The molecule has 0 saturated heterocycles. The van der Waals surface area contributed by atoms with Gasteiger partial charge < -0.3 is 9.47 Å². The van der Waals surface area contributed by atoms with E-state index in [2.05, 4.69) is 4.74 Å². The molecular formula is C10H17F3O3. The van der Waals surface area contributed by atoms with E-state index in [1.807, 2.05) is 0 Å². The van der Waals surface area contributed by atoms with Gasteiger partial charge in [0.2, 0.25) is 0 Å². The van der Waals surface area contributed by atoms with Crippen LogP contribution in [0.2, 0.25) is 0 Å². The second-order valence-electron chi connectivity index (χ2n) is 3.21. The lowest BCUT2D eigenvalue weighted by molar-refractivity contribution is -0.223. The monoisotopic (exact) mass is 242 g/mol. The van der Waals surface area contributed by atoms with Crippen LogP contribution in [0, 0.1) is 0 Å². The number of hydrogen-bond donors (Lipinski definition) is 0. The molecule has 0 amide bonds. The SMILES string of the molecule is CCOCCC[C@@H](OC(=O)CC)C(F)(F)F. The molecule has 96 valence electrons. The Labute approximate surface area is 92.9 Å². The van der Waals surface area contributed by atoms with Gasteiger partial charge in [-0.05, 0) is 19.8 Å². The van der Waals surface area contributed by atoms with Gasteiger partial charge >= 0.3 is 12.1 Å². The van der Waals surface area contributed by atoms with Crippen molar-refractivity contribution in [2.45, 2.75) is 45.4 Å². The van der Waals surface area contributed by atoms with Crippen LogP contribution in [0.3, 0.4) is 0 Å². The van der Waals surface area contributed by atoms with E-state index in [1.165, 1.54) is 6.92 Å². The normalized spacial score (nSPS) is 13.6. The van der Waals surface area contributed by atoms with Crippen LogP contribution in [0.1, 0.15) is 33.1 Å². The molecule has 0 aromatic rings. The molecule has 0 bridgehead atoms. The number of ether oxygens (including phenoxy) is 2. The van der Waals surface area contributed by atoms with Crippen LogP contribution in [-0.4, -0.2) is 31.5 Å². The Kier molecular flexibility index (Phi) is 7.12. The smallest absolute Gasteiger partial charge is 0.425 e. The highest BCUT2D eigenvalue weighted by molar-refractivity contribution is 5.69. The quantitative estimate of drug-likeness (QED) is 0.508. The largest absolute Gasteiger partial charge is 0.453 e.